The minimum absolute atomic E-state index is 0.173. The molecule has 1 fully saturated rings. The van der Waals surface area contributed by atoms with E-state index in [0.717, 1.165) is 43.2 Å². The van der Waals surface area contributed by atoms with Crippen molar-refractivity contribution in [2.45, 2.75) is 32.7 Å². The van der Waals surface area contributed by atoms with Gasteiger partial charge in [0.25, 0.3) is 0 Å². The van der Waals surface area contributed by atoms with E-state index in [-0.39, 0.29) is 5.78 Å². The molecule has 4 nitrogen and oxygen atoms in total. The van der Waals surface area contributed by atoms with Crippen LogP contribution in [0.2, 0.25) is 0 Å². The number of carbonyl (C=O) groups is 1. The van der Waals surface area contributed by atoms with Gasteiger partial charge in [0.1, 0.15) is 16.5 Å². The van der Waals surface area contributed by atoms with E-state index in [1.54, 1.807) is 25.4 Å². The second-order valence-electron chi connectivity index (χ2n) is 6.45. The number of ketones is 1. The standard InChI is InChI=1S/C20H24N2O2S/c1-15(23)11-20-21-13-19(25-20)14-22-9-7-17(8-10-22)12-16-3-5-18(24-2)6-4-16/h3-6,12-13H,7-11,14H2,1-2H3. The largest absolute Gasteiger partial charge is 0.497 e. The second-order valence-corrected chi connectivity index (χ2v) is 7.65. The molecule has 0 aliphatic carbocycles. The highest BCUT2D eigenvalue weighted by atomic mass is 32.1. The maximum Gasteiger partial charge on any atom is 0.136 e. The van der Waals surface area contributed by atoms with Crippen LogP contribution in [0.3, 0.4) is 0 Å². The first-order valence-electron chi connectivity index (χ1n) is 8.61. The average Bonchev–Trinajstić information content (AvgIpc) is 3.03. The topological polar surface area (TPSA) is 42.4 Å². The molecule has 0 atom stereocenters. The van der Waals surface area contributed by atoms with Gasteiger partial charge in [-0.15, -0.1) is 11.3 Å². The average molecular weight is 356 g/mol. The third-order valence-corrected chi connectivity index (χ3v) is 5.35. The Morgan fingerprint density at radius 2 is 2.00 bits per heavy atom. The normalized spacial score (nSPS) is 15.2. The van der Waals surface area contributed by atoms with Crippen molar-refractivity contribution < 1.29 is 9.53 Å². The minimum Gasteiger partial charge on any atom is -0.497 e. The SMILES string of the molecule is COc1ccc(C=C2CCN(Cc3cnc(CC(C)=O)s3)CC2)cc1. The summed E-state index contributed by atoms with van der Waals surface area (Å²) < 4.78 is 5.20. The second kappa shape index (κ2) is 8.41. The number of thiazole rings is 1. The van der Waals surface area contributed by atoms with E-state index in [4.69, 9.17) is 4.74 Å². The predicted octanol–water partition coefficient (Wildman–Crippen LogP) is 3.96. The van der Waals surface area contributed by atoms with Crippen LogP contribution in [0.15, 0.2) is 36.0 Å². The first kappa shape index (κ1) is 17.8. The molecule has 3 rings (SSSR count). The van der Waals surface area contributed by atoms with Crippen molar-refractivity contribution in [3.8, 4) is 5.75 Å². The van der Waals surface area contributed by atoms with Crippen molar-refractivity contribution >= 4 is 23.2 Å². The molecule has 0 spiro atoms. The predicted molar refractivity (Wildman–Crippen MR) is 102 cm³/mol. The van der Waals surface area contributed by atoms with Gasteiger partial charge in [0.05, 0.1) is 13.5 Å². The molecule has 0 unspecified atom stereocenters. The molecule has 1 aliphatic rings. The highest BCUT2D eigenvalue weighted by molar-refractivity contribution is 7.11. The van der Waals surface area contributed by atoms with Crippen LogP contribution >= 0.6 is 11.3 Å². The van der Waals surface area contributed by atoms with E-state index in [1.165, 1.54) is 16.0 Å². The maximum atomic E-state index is 11.2. The molecule has 2 aromatic rings. The van der Waals surface area contributed by atoms with E-state index < -0.39 is 0 Å². The molecule has 2 heterocycles. The fraction of sp³-hybridized carbons (Fsp3) is 0.400. The zero-order valence-corrected chi connectivity index (χ0v) is 15.6. The summed E-state index contributed by atoms with van der Waals surface area (Å²) >= 11 is 1.66. The number of likely N-dealkylation sites (tertiary alicyclic amines) is 1. The highest BCUT2D eigenvalue weighted by Crippen LogP contribution is 2.23. The van der Waals surface area contributed by atoms with Crippen LogP contribution in [0.5, 0.6) is 5.75 Å². The van der Waals surface area contributed by atoms with Gasteiger partial charge in [0.15, 0.2) is 0 Å². The van der Waals surface area contributed by atoms with Crippen molar-refractivity contribution in [3.05, 3.63) is 51.5 Å². The quantitative estimate of drug-likeness (QED) is 0.786. The number of ether oxygens (including phenoxy) is 1. The lowest BCUT2D eigenvalue weighted by Gasteiger charge is -2.27. The number of aromatic nitrogens is 1. The fourth-order valence-corrected chi connectivity index (χ4v) is 4.05. The Morgan fingerprint density at radius 1 is 1.28 bits per heavy atom. The van der Waals surface area contributed by atoms with Gasteiger partial charge >= 0.3 is 0 Å². The molecule has 1 aromatic carbocycles. The summed E-state index contributed by atoms with van der Waals surface area (Å²) in [5.41, 5.74) is 2.74. The minimum atomic E-state index is 0.173. The third kappa shape index (κ3) is 5.25. The van der Waals surface area contributed by atoms with Gasteiger partial charge in [-0.05, 0) is 37.5 Å². The lowest BCUT2D eigenvalue weighted by atomic mass is 10.0. The van der Waals surface area contributed by atoms with Crippen LogP contribution in [-0.2, 0) is 17.8 Å². The molecule has 1 saturated heterocycles. The fourth-order valence-electron chi connectivity index (χ4n) is 3.01. The number of Topliss-reactive ketones (excluding diaryl/α,β-unsaturated/α-hetero) is 1. The number of carbonyl (C=O) groups excluding carboxylic acids is 1. The molecular weight excluding hydrogens is 332 g/mol. The van der Waals surface area contributed by atoms with Gasteiger partial charge in [-0.3, -0.25) is 9.69 Å². The lowest BCUT2D eigenvalue weighted by Crippen LogP contribution is -2.29. The summed E-state index contributed by atoms with van der Waals surface area (Å²) in [4.78, 5) is 19.3. The highest BCUT2D eigenvalue weighted by Gasteiger charge is 2.15. The summed E-state index contributed by atoms with van der Waals surface area (Å²) in [5, 5.41) is 0.930. The summed E-state index contributed by atoms with van der Waals surface area (Å²) in [7, 11) is 1.69. The van der Waals surface area contributed by atoms with Gasteiger partial charge in [-0.2, -0.15) is 0 Å². The zero-order valence-electron chi connectivity index (χ0n) is 14.8. The Kier molecular flexibility index (Phi) is 6.00. The van der Waals surface area contributed by atoms with Gasteiger partial charge in [0, 0.05) is 30.7 Å². The van der Waals surface area contributed by atoms with E-state index >= 15 is 0 Å². The van der Waals surface area contributed by atoms with Crippen LogP contribution in [0, 0.1) is 0 Å². The Morgan fingerprint density at radius 3 is 2.64 bits per heavy atom. The monoisotopic (exact) mass is 356 g/mol. The first-order chi connectivity index (χ1) is 12.1. The van der Waals surface area contributed by atoms with Crippen molar-refractivity contribution in [1.29, 1.82) is 0 Å². The molecule has 132 valence electrons. The smallest absolute Gasteiger partial charge is 0.136 e. The number of rotatable bonds is 6. The molecule has 0 amide bonds. The molecule has 1 aliphatic heterocycles. The van der Waals surface area contributed by atoms with E-state index in [2.05, 4.69) is 28.1 Å². The summed E-state index contributed by atoms with van der Waals surface area (Å²) in [6.45, 7) is 4.69. The van der Waals surface area contributed by atoms with E-state index in [0.29, 0.717) is 6.42 Å². The maximum absolute atomic E-state index is 11.2. The van der Waals surface area contributed by atoms with Crippen molar-refractivity contribution in [2.24, 2.45) is 0 Å². The molecule has 25 heavy (non-hydrogen) atoms. The van der Waals surface area contributed by atoms with Crippen LogP contribution in [0.4, 0.5) is 0 Å². The van der Waals surface area contributed by atoms with Gasteiger partial charge in [-0.25, -0.2) is 4.98 Å². The van der Waals surface area contributed by atoms with Crippen LogP contribution in [0.25, 0.3) is 6.08 Å². The lowest BCUT2D eigenvalue weighted by molar-refractivity contribution is -0.116. The summed E-state index contributed by atoms with van der Waals surface area (Å²) in [5.74, 6) is 1.07. The molecule has 0 saturated carbocycles. The van der Waals surface area contributed by atoms with Crippen molar-refractivity contribution in [2.75, 3.05) is 20.2 Å². The Labute approximate surface area is 153 Å². The van der Waals surface area contributed by atoms with Crippen LogP contribution < -0.4 is 4.74 Å². The number of hydrogen-bond acceptors (Lipinski definition) is 5. The van der Waals surface area contributed by atoms with E-state index in [9.17, 15) is 4.79 Å². The van der Waals surface area contributed by atoms with Gasteiger partial charge in [-0.1, -0.05) is 23.8 Å². The first-order valence-corrected chi connectivity index (χ1v) is 9.43. The van der Waals surface area contributed by atoms with Crippen molar-refractivity contribution in [3.63, 3.8) is 0 Å². The van der Waals surface area contributed by atoms with Gasteiger partial charge in [0.2, 0.25) is 0 Å². The van der Waals surface area contributed by atoms with Crippen molar-refractivity contribution in [1.82, 2.24) is 9.88 Å². The Balaban J connectivity index is 1.51. The number of piperidine rings is 1. The number of nitrogens with zero attached hydrogens (tertiary/aromatic N) is 2. The van der Waals surface area contributed by atoms with E-state index in [1.807, 2.05) is 18.3 Å². The molecule has 1 aromatic heterocycles. The number of methoxy groups -OCH3 is 1. The number of hydrogen-bond donors (Lipinski definition) is 0. The molecule has 0 bridgehead atoms. The third-order valence-electron chi connectivity index (χ3n) is 4.37. The Bertz CT molecular complexity index is 739. The summed E-state index contributed by atoms with van der Waals surface area (Å²) in [6, 6.07) is 8.21. The molecule has 0 radical (unpaired) electrons. The van der Waals surface area contributed by atoms with Crippen LogP contribution in [-0.4, -0.2) is 35.9 Å². The molecule has 5 heteroatoms. The number of benzene rings is 1. The molecule has 0 N–H and O–H groups in total. The Hall–Kier alpha value is -1.98. The van der Waals surface area contributed by atoms with Crippen LogP contribution in [0.1, 0.15) is 35.2 Å². The summed E-state index contributed by atoms with van der Waals surface area (Å²) in [6.07, 6.45) is 6.88. The molecular formula is C20H24N2O2S. The van der Waals surface area contributed by atoms with Gasteiger partial charge < -0.3 is 4.74 Å². The zero-order chi connectivity index (χ0) is 17.6.